The molecular weight excluding hydrogens is 207 g/mol. The van der Waals surface area contributed by atoms with E-state index < -0.39 is 11.9 Å². The van der Waals surface area contributed by atoms with Gasteiger partial charge in [0, 0.05) is 0 Å². The monoisotopic (exact) mass is 220 g/mol. The molecule has 0 spiro atoms. The molecule has 84 valence electrons. The first-order chi connectivity index (χ1) is 7.62. The van der Waals surface area contributed by atoms with Gasteiger partial charge in [0.2, 0.25) is 0 Å². The van der Waals surface area contributed by atoms with E-state index in [2.05, 4.69) is 9.47 Å². The predicted molar refractivity (Wildman–Crippen MR) is 61.8 cm³/mol. The Morgan fingerprint density at radius 3 is 1.75 bits per heavy atom. The number of methoxy groups -OCH3 is 2. The van der Waals surface area contributed by atoms with E-state index >= 15 is 0 Å². The van der Waals surface area contributed by atoms with Gasteiger partial charge >= 0.3 is 11.9 Å². The Morgan fingerprint density at radius 2 is 1.44 bits per heavy atom. The van der Waals surface area contributed by atoms with Gasteiger partial charge < -0.3 is 9.47 Å². The van der Waals surface area contributed by atoms with E-state index in [1.807, 2.05) is 6.82 Å². The van der Waals surface area contributed by atoms with Crippen molar-refractivity contribution in [3.8, 4) is 0 Å². The third-order valence-electron chi connectivity index (χ3n) is 2.24. The van der Waals surface area contributed by atoms with Gasteiger partial charge in [0.15, 0.2) is 7.28 Å². The minimum Gasteiger partial charge on any atom is -0.465 e. The van der Waals surface area contributed by atoms with E-state index in [0.717, 1.165) is 12.7 Å². The highest BCUT2D eigenvalue weighted by Crippen LogP contribution is 2.06. The Kier molecular flexibility index (Phi) is 4.11. The van der Waals surface area contributed by atoms with Crippen molar-refractivity contribution in [2.24, 2.45) is 0 Å². The van der Waals surface area contributed by atoms with E-state index in [1.54, 1.807) is 12.1 Å². The molecule has 0 aromatic heterocycles. The Bertz CT molecular complexity index is 380. The molecule has 1 aromatic carbocycles. The summed E-state index contributed by atoms with van der Waals surface area (Å²) in [4.78, 5) is 22.7. The summed E-state index contributed by atoms with van der Waals surface area (Å²) in [5.41, 5.74) is 1.62. The van der Waals surface area contributed by atoms with Crippen LogP contribution in [-0.2, 0) is 9.47 Å². The molecule has 4 nitrogen and oxygen atoms in total. The van der Waals surface area contributed by atoms with Crippen LogP contribution in [0.25, 0.3) is 0 Å². The second kappa shape index (κ2) is 5.35. The van der Waals surface area contributed by atoms with Gasteiger partial charge in [0.05, 0.1) is 25.3 Å². The van der Waals surface area contributed by atoms with E-state index in [0.29, 0.717) is 11.1 Å². The highest BCUT2D eigenvalue weighted by molar-refractivity contribution is 6.52. The number of ether oxygens (including phenoxy) is 2. The number of rotatable bonds is 3. The van der Waals surface area contributed by atoms with Gasteiger partial charge in [0.25, 0.3) is 0 Å². The molecule has 16 heavy (non-hydrogen) atoms. The van der Waals surface area contributed by atoms with Crippen molar-refractivity contribution in [1.82, 2.24) is 0 Å². The predicted octanol–water partition coefficient (Wildman–Crippen LogP) is 0.370. The van der Waals surface area contributed by atoms with Crippen LogP contribution < -0.4 is 5.46 Å². The number of carbonyl (C=O) groups is 2. The molecule has 0 unspecified atom stereocenters. The van der Waals surface area contributed by atoms with Crippen LogP contribution in [0.1, 0.15) is 20.7 Å². The fraction of sp³-hybridized carbons (Fsp3) is 0.273. The quantitative estimate of drug-likeness (QED) is 0.545. The average molecular weight is 220 g/mol. The fourth-order valence-electron chi connectivity index (χ4n) is 1.37. The average Bonchev–Trinajstić information content (AvgIpc) is 2.35. The molecule has 0 saturated heterocycles. The molecule has 0 aliphatic rings. The van der Waals surface area contributed by atoms with Crippen LogP contribution >= 0.6 is 0 Å². The van der Waals surface area contributed by atoms with Crippen molar-refractivity contribution in [3.63, 3.8) is 0 Å². The van der Waals surface area contributed by atoms with Crippen molar-refractivity contribution in [3.05, 3.63) is 29.3 Å². The number of hydrogen-bond donors (Lipinski definition) is 0. The maximum absolute atomic E-state index is 11.4. The lowest BCUT2D eigenvalue weighted by atomic mass is 9.72. The Hall–Kier alpha value is -1.78. The van der Waals surface area contributed by atoms with Crippen molar-refractivity contribution in [2.45, 2.75) is 6.82 Å². The summed E-state index contributed by atoms with van der Waals surface area (Å²) in [6.07, 6.45) is 0. The van der Waals surface area contributed by atoms with Crippen molar-refractivity contribution in [2.75, 3.05) is 14.2 Å². The highest BCUT2D eigenvalue weighted by atomic mass is 16.5. The number of benzene rings is 1. The zero-order chi connectivity index (χ0) is 12.1. The molecule has 0 aliphatic heterocycles. The van der Waals surface area contributed by atoms with Gasteiger partial charge in [-0.2, -0.15) is 0 Å². The van der Waals surface area contributed by atoms with Crippen LogP contribution in [0.4, 0.5) is 0 Å². The van der Waals surface area contributed by atoms with E-state index in [4.69, 9.17) is 0 Å². The van der Waals surface area contributed by atoms with Crippen molar-refractivity contribution < 1.29 is 19.1 Å². The summed E-state index contributed by atoms with van der Waals surface area (Å²) in [5, 5.41) is 0. The van der Waals surface area contributed by atoms with Gasteiger partial charge in [0.1, 0.15) is 0 Å². The van der Waals surface area contributed by atoms with Gasteiger partial charge in [-0.15, -0.1) is 0 Å². The topological polar surface area (TPSA) is 52.6 Å². The zero-order valence-corrected chi connectivity index (χ0v) is 9.57. The largest absolute Gasteiger partial charge is 0.465 e. The lowest BCUT2D eigenvalue weighted by molar-refractivity contribution is 0.0599. The second-order valence-corrected chi connectivity index (χ2v) is 3.26. The van der Waals surface area contributed by atoms with Gasteiger partial charge in [-0.05, 0) is 6.07 Å². The van der Waals surface area contributed by atoms with Gasteiger partial charge in [-0.25, -0.2) is 9.59 Å². The molecule has 1 rings (SSSR count). The fourth-order valence-corrected chi connectivity index (χ4v) is 1.37. The maximum Gasteiger partial charge on any atom is 0.337 e. The Labute approximate surface area is 94.8 Å². The number of hydrogen-bond acceptors (Lipinski definition) is 4. The summed E-state index contributed by atoms with van der Waals surface area (Å²) >= 11 is 0. The van der Waals surface area contributed by atoms with Crippen LogP contribution in [-0.4, -0.2) is 33.4 Å². The summed E-state index contributed by atoms with van der Waals surface area (Å²) < 4.78 is 9.23. The second-order valence-electron chi connectivity index (χ2n) is 3.26. The van der Waals surface area contributed by atoms with Crippen LogP contribution in [0.5, 0.6) is 0 Å². The van der Waals surface area contributed by atoms with Crippen molar-refractivity contribution in [1.29, 1.82) is 0 Å². The standard InChI is InChI=1S/C11H13BO4/c1-12-9-5-7(10(13)15-2)4-8(6-9)11(14)16-3/h4-6,12H,1-3H3. The lowest BCUT2D eigenvalue weighted by Gasteiger charge is -2.05. The van der Waals surface area contributed by atoms with E-state index in [-0.39, 0.29) is 0 Å². The smallest absolute Gasteiger partial charge is 0.337 e. The molecule has 0 fully saturated rings. The van der Waals surface area contributed by atoms with Gasteiger partial charge in [-0.3, -0.25) is 0 Å². The summed E-state index contributed by atoms with van der Waals surface area (Å²) in [6.45, 7) is 1.94. The molecule has 0 bridgehead atoms. The SMILES string of the molecule is CBc1cc(C(=O)OC)cc(C(=O)OC)c1. The first-order valence-corrected chi connectivity index (χ1v) is 4.93. The summed E-state index contributed by atoms with van der Waals surface area (Å²) in [6, 6.07) is 4.88. The molecule has 0 radical (unpaired) electrons. The van der Waals surface area contributed by atoms with Gasteiger partial charge in [-0.1, -0.05) is 24.4 Å². The third kappa shape index (κ3) is 2.62. The van der Waals surface area contributed by atoms with Crippen LogP contribution in [0.3, 0.4) is 0 Å². The molecule has 0 amide bonds. The van der Waals surface area contributed by atoms with Crippen LogP contribution in [0.2, 0.25) is 6.82 Å². The molecule has 0 aliphatic carbocycles. The molecule has 0 heterocycles. The Balaban J connectivity index is 3.20. The summed E-state index contributed by atoms with van der Waals surface area (Å²) in [7, 11) is 3.34. The molecule has 0 N–H and O–H groups in total. The van der Waals surface area contributed by atoms with Crippen LogP contribution in [0, 0.1) is 0 Å². The van der Waals surface area contributed by atoms with Crippen LogP contribution in [0.15, 0.2) is 18.2 Å². The number of carbonyl (C=O) groups excluding carboxylic acids is 2. The zero-order valence-electron chi connectivity index (χ0n) is 9.57. The normalized spacial score (nSPS) is 9.44. The molecule has 5 heteroatoms. The molecular formula is C11H13BO4. The lowest BCUT2D eigenvalue weighted by Crippen LogP contribution is -2.17. The third-order valence-corrected chi connectivity index (χ3v) is 2.24. The molecule has 1 aromatic rings. The maximum atomic E-state index is 11.4. The minimum absolute atomic E-state index is 0.363. The van der Waals surface area contributed by atoms with Crippen molar-refractivity contribution >= 4 is 24.7 Å². The van der Waals surface area contributed by atoms with E-state index in [9.17, 15) is 9.59 Å². The first-order valence-electron chi connectivity index (χ1n) is 4.93. The molecule has 0 saturated carbocycles. The minimum atomic E-state index is -0.458. The summed E-state index contributed by atoms with van der Waals surface area (Å²) in [5.74, 6) is -0.916. The highest BCUT2D eigenvalue weighted by Gasteiger charge is 2.12. The molecule has 0 atom stereocenters. The first kappa shape index (κ1) is 12.3. The number of esters is 2. The van der Waals surface area contributed by atoms with E-state index in [1.165, 1.54) is 20.3 Å². The Morgan fingerprint density at radius 1 is 1.00 bits per heavy atom.